The zero-order valence-electron chi connectivity index (χ0n) is 17.1. The standard InChI is InChI=1S/C20H34N4O3.HI/c1-3-10-27-19-7-6-17(13-23-19)14-24-20(21-4-2)22-9-5-11-25-15-18-8-12-26-16-18;/h6-7,13,18H,3-5,8-12,14-16H2,1-2H3,(H2,21,22,24);1H. The zero-order valence-corrected chi connectivity index (χ0v) is 19.4. The Balaban J connectivity index is 0.00000392. The molecular weight excluding hydrogens is 471 g/mol. The van der Waals surface area contributed by atoms with Crippen LogP contribution in [0.3, 0.4) is 0 Å². The van der Waals surface area contributed by atoms with Crippen molar-refractivity contribution in [1.29, 1.82) is 0 Å². The van der Waals surface area contributed by atoms with Gasteiger partial charge in [0.25, 0.3) is 0 Å². The van der Waals surface area contributed by atoms with Crippen LogP contribution in [0.25, 0.3) is 0 Å². The maximum Gasteiger partial charge on any atom is 0.213 e. The van der Waals surface area contributed by atoms with Crippen LogP contribution >= 0.6 is 24.0 Å². The van der Waals surface area contributed by atoms with Gasteiger partial charge in [-0.25, -0.2) is 9.98 Å². The van der Waals surface area contributed by atoms with E-state index >= 15 is 0 Å². The molecule has 0 amide bonds. The molecule has 0 spiro atoms. The van der Waals surface area contributed by atoms with Crippen molar-refractivity contribution in [3.63, 3.8) is 0 Å². The summed E-state index contributed by atoms with van der Waals surface area (Å²) in [7, 11) is 0. The minimum atomic E-state index is 0. The smallest absolute Gasteiger partial charge is 0.213 e. The molecule has 2 rings (SSSR count). The summed E-state index contributed by atoms with van der Waals surface area (Å²) in [4.78, 5) is 8.92. The third kappa shape index (κ3) is 10.4. The van der Waals surface area contributed by atoms with Gasteiger partial charge >= 0.3 is 0 Å². The van der Waals surface area contributed by atoms with Gasteiger partial charge in [0, 0.05) is 44.5 Å². The number of aromatic nitrogens is 1. The fraction of sp³-hybridized carbons (Fsp3) is 0.700. The van der Waals surface area contributed by atoms with E-state index in [9.17, 15) is 0 Å². The fourth-order valence-electron chi connectivity index (χ4n) is 2.65. The zero-order chi connectivity index (χ0) is 19.2. The van der Waals surface area contributed by atoms with E-state index in [2.05, 4.69) is 34.5 Å². The SMILES string of the molecule is CCCOc1ccc(CN=C(NCC)NCCCOCC2CCOC2)cn1.I. The van der Waals surface area contributed by atoms with Gasteiger partial charge in [-0.1, -0.05) is 13.0 Å². The number of aliphatic imine (C=N–C) groups is 1. The van der Waals surface area contributed by atoms with Gasteiger partial charge in [-0.2, -0.15) is 0 Å². The second kappa shape index (κ2) is 15.8. The first kappa shape index (κ1) is 24.9. The Kier molecular flexibility index (Phi) is 14.0. The molecule has 2 heterocycles. The predicted octanol–water partition coefficient (Wildman–Crippen LogP) is 2.99. The third-order valence-corrected chi connectivity index (χ3v) is 4.15. The van der Waals surface area contributed by atoms with E-state index in [-0.39, 0.29) is 24.0 Å². The molecule has 1 aromatic heterocycles. The highest BCUT2D eigenvalue weighted by atomic mass is 127. The van der Waals surface area contributed by atoms with Crippen LogP contribution in [-0.2, 0) is 16.0 Å². The van der Waals surface area contributed by atoms with Crippen molar-refractivity contribution >= 4 is 29.9 Å². The molecule has 8 heteroatoms. The molecule has 28 heavy (non-hydrogen) atoms. The number of hydrogen-bond acceptors (Lipinski definition) is 5. The van der Waals surface area contributed by atoms with Gasteiger partial charge in [-0.15, -0.1) is 24.0 Å². The van der Waals surface area contributed by atoms with Gasteiger partial charge < -0.3 is 24.8 Å². The number of rotatable bonds is 12. The van der Waals surface area contributed by atoms with Gasteiger partial charge in [0.2, 0.25) is 5.88 Å². The monoisotopic (exact) mass is 506 g/mol. The van der Waals surface area contributed by atoms with E-state index in [1.807, 2.05) is 18.3 Å². The average molecular weight is 506 g/mol. The molecule has 7 nitrogen and oxygen atoms in total. The summed E-state index contributed by atoms with van der Waals surface area (Å²) in [6.07, 6.45) is 4.86. The number of halogens is 1. The largest absolute Gasteiger partial charge is 0.478 e. The Bertz CT molecular complexity index is 537. The van der Waals surface area contributed by atoms with Crippen LogP contribution in [0.4, 0.5) is 0 Å². The van der Waals surface area contributed by atoms with Crippen molar-refractivity contribution in [2.45, 2.75) is 39.7 Å². The van der Waals surface area contributed by atoms with Crippen molar-refractivity contribution in [3.05, 3.63) is 23.9 Å². The van der Waals surface area contributed by atoms with Gasteiger partial charge in [0.05, 0.1) is 26.4 Å². The van der Waals surface area contributed by atoms with Crippen molar-refractivity contribution < 1.29 is 14.2 Å². The molecule has 1 atom stereocenters. The Hall–Kier alpha value is -1.13. The molecule has 1 aromatic rings. The van der Waals surface area contributed by atoms with E-state index in [1.165, 1.54) is 0 Å². The topological polar surface area (TPSA) is 77.0 Å². The minimum Gasteiger partial charge on any atom is -0.478 e. The Morgan fingerprint density at radius 1 is 1.29 bits per heavy atom. The van der Waals surface area contributed by atoms with Crippen LogP contribution in [0.1, 0.15) is 38.7 Å². The van der Waals surface area contributed by atoms with Crippen molar-refractivity contribution in [1.82, 2.24) is 15.6 Å². The first-order valence-electron chi connectivity index (χ1n) is 10.1. The Labute approximate surface area is 186 Å². The molecule has 0 radical (unpaired) electrons. The summed E-state index contributed by atoms with van der Waals surface area (Å²) in [5, 5.41) is 6.61. The second-order valence-electron chi connectivity index (χ2n) is 6.63. The lowest BCUT2D eigenvalue weighted by Crippen LogP contribution is -2.38. The maximum absolute atomic E-state index is 5.73. The lowest BCUT2D eigenvalue weighted by molar-refractivity contribution is 0.0888. The molecule has 0 aromatic carbocycles. The molecule has 0 bridgehead atoms. The normalized spacial score (nSPS) is 16.5. The van der Waals surface area contributed by atoms with E-state index in [0.717, 1.165) is 70.3 Å². The van der Waals surface area contributed by atoms with Crippen LogP contribution in [0, 0.1) is 5.92 Å². The number of nitrogens with one attached hydrogen (secondary N) is 2. The summed E-state index contributed by atoms with van der Waals surface area (Å²) >= 11 is 0. The van der Waals surface area contributed by atoms with E-state index in [0.29, 0.717) is 24.9 Å². The Morgan fingerprint density at radius 2 is 2.18 bits per heavy atom. The molecule has 0 aliphatic carbocycles. The molecule has 1 aliphatic rings. The molecule has 0 saturated carbocycles. The van der Waals surface area contributed by atoms with Crippen LogP contribution < -0.4 is 15.4 Å². The first-order valence-corrected chi connectivity index (χ1v) is 10.1. The number of hydrogen-bond donors (Lipinski definition) is 2. The molecule has 1 fully saturated rings. The van der Waals surface area contributed by atoms with Crippen molar-refractivity contribution in [2.24, 2.45) is 10.9 Å². The summed E-state index contributed by atoms with van der Waals surface area (Å²) in [5.74, 6) is 2.05. The molecule has 160 valence electrons. The highest BCUT2D eigenvalue weighted by Gasteiger charge is 2.15. The highest BCUT2D eigenvalue weighted by Crippen LogP contribution is 2.12. The van der Waals surface area contributed by atoms with Gasteiger partial charge in [-0.3, -0.25) is 0 Å². The van der Waals surface area contributed by atoms with Crippen LogP contribution in [-0.4, -0.2) is 57.1 Å². The molecule has 1 unspecified atom stereocenters. The molecule has 1 saturated heterocycles. The van der Waals surface area contributed by atoms with Crippen molar-refractivity contribution in [2.75, 3.05) is 46.1 Å². The third-order valence-electron chi connectivity index (χ3n) is 4.15. The second-order valence-corrected chi connectivity index (χ2v) is 6.63. The summed E-state index contributed by atoms with van der Waals surface area (Å²) in [6, 6.07) is 3.90. The van der Waals surface area contributed by atoms with Crippen molar-refractivity contribution in [3.8, 4) is 5.88 Å². The highest BCUT2D eigenvalue weighted by molar-refractivity contribution is 14.0. The fourth-order valence-corrected chi connectivity index (χ4v) is 2.65. The number of nitrogens with zero attached hydrogens (tertiary/aromatic N) is 2. The summed E-state index contributed by atoms with van der Waals surface area (Å²) in [5.41, 5.74) is 1.05. The quantitative estimate of drug-likeness (QED) is 0.197. The number of ether oxygens (including phenoxy) is 3. The van der Waals surface area contributed by atoms with Crippen LogP contribution in [0.15, 0.2) is 23.3 Å². The van der Waals surface area contributed by atoms with E-state index in [4.69, 9.17) is 14.2 Å². The lowest BCUT2D eigenvalue weighted by Gasteiger charge is -2.12. The summed E-state index contributed by atoms with van der Waals surface area (Å²) in [6.45, 7) is 10.3. The lowest BCUT2D eigenvalue weighted by atomic mass is 10.1. The molecule has 1 aliphatic heterocycles. The Morgan fingerprint density at radius 3 is 2.86 bits per heavy atom. The maximum atomic E-state index is 5.73. The van der Waals surface area contributed by atoms with E-state index in [1.54, 1.807) is 0 Å². The molecule has 2 N–H and O–H groups in total. The van der Waals surface area contributed by atoms with Gasteiger partial charge in [-0.05, 0) is 31.7 Å². The minimum absolute atomic E-state index is 0. The van der Waals surface area contributed by atoms with Gasteiger partial charge in [0.15, 0.2) is 5.96 Å². The summed E-state index contributed by atoms with van der Waals surface area (Å²) < 4.78 is 16.6. The van der Waals surface area contributed by atoms with Gasteiger partial charge in [0.1, 0.15) is 0 Å². The molecular formula is C20H35IN4O3. The van der Waals surface area contributed by atoms with Crippen LogP contribution in [0.2, 0.25) is 0 Å². The van der Waals surface area contributed by atoms with E-state index < -0.39 is 0 Å². The number of pyridine rings is 1. The predicted molar refractivity (Wildman–Crippen MR) is 123 cm³/mol. The first-order chi connectivity index (χ1) is 13.3. The average Bonchev–Trinajstić information content (AvgIpc) is 3.21. The van der Waals surface area contributed by atoms with Crippen LogP contribution in [0.5, 0.6) is 5.88 Å². The number of guanidine groups is 1.